The molecule has 0 saturated carbocycles. The van der Waals surface area contributed by atoms with Gasteiger partial charge in [-0.2, -0.15) is 0 Å². The van der Waals surface area contributed by atoms with Gasteiger partial charge in [0.05, 0.1) is 7.11 Å². The molecule has 0 aliphatic heterocycles. The Balaban J connectivity index is 3.49. The van der Waals surface area contributed by atoms with E-state index >= 15 is 0 Å². The smallest absolute Gasteiger partial charge is 0.137 e. The van der Waals surface area contributed by atoms with E-state index < -0.39 is 14.3 Å². The first-order chi connectivity index (χ1) is 6.04. The summed E-state index contributed by atoms with van der Waals surface area (Å²) in [6.07, 6.45) is 0.567. The topological polar surface area (TPSA) is 90.2 Å². The van der Waals surface area contributed by atoms with Crippen molar-refractivity contribution >= 4 is 9.42 Å². The van der Waals surface area contributed by atoms with Gasteiger partial charge in [-0.1, -0.05) is 12.1 Å². The molecule has 0 radical (unpaired) electrons. The SMILES string of the molecule is COc1ccccc1S(C)(O)(O)(O)O. The summed E-state index contributed by atoms with van der Waals surface area (Å²) in [6.45, 7) is 0. The molecule has 0 heterocycles. The normalized spacial score (nSPS) is 17.0. The van der Waals surface area contributed by atoms with Crippen LogP contribution < -0.4 is 4.74 Å². The first kappa shape index (κ1) is 11.3. The lowest BCUT2D eigenvalue weighted by molar-refractivity contribution is 0.208. The van der Waals surface area contributed by atoms with Gasteiger partial charge in [0.1, 0.15) is 10.6 Å². The summed E-state index contributed by atoms with van der Waals surface area (Å²) in [7, 11) is -4.83. The molecule has 14 heavy (non-hydrogen) atoms. The van der Waals surface area contributed by atoms with E-state index in [1.54, 1.807) is 6.07 Å². The summed E-state index contributed by atoms with van der Waals surface area (Å²) < 4.78 is 42.5. The van der Waals surface area contributed by atoms with E-state index in [2.05, 4.69) is 0 Å². The summed E-state index contributed by atoms with van der Waals surface area (Å²) in [6, 6.07) is 5.60. The van der Waals surface area contributed by atoms with Gasteiger partial charge in [-0.15, -0.1) is 0 Å². The largest absolute Gasteiger partial charge is 0.495 e. The van der Waals surface area contributed by atoms with Crippen molar-refractivity contribution in [2.45, 2.75) is 4.90 Å². The molecule has 5 nitrogen and oxygen atoms in total. The van der Waals surface area contributed by atoms with Crippen LogP contribution in [0, 0.1) is 0 Å². The zero-order valence-corrected chi connectivity index (χ0v) is 8.73. The molecular weight excluding hydrogens is 208 g/mol. The minimum Gasteiger partial charge on any atom is -0.495 e. The van der Waals surface area contributed by atoms with Crippen LogP contribution in [0.25, 0.3) is 0 Å². The van der Waals surface area contributed by atoms with Crippen LogP contribution in [0.3, 0.4) is 0 Å². The predicted octanol–water partition coefficient (Wildman–Crippen LogP) is 2.45. The monoisotopic (exact) mass is 222 g/mol. The van der Waals surface area contributed by atoms with E-state index in [-0.39, 0.29) is 5.75 Å². The van der Waals surface area contributed by atoms with Crippen LogP contribution in [-0.4, -0.2) is 31.6 Å². The van der Waals surface area contributed by atoms with Gasteiger partial charge in [-0.3, -0.25) is 0 Å². The van der Waals surface area contributed by atoms with Crippen molar-refractivity contribution in [2.24, 2.45) is 0 Å². The van der Waals surface area contributed by atoms with Crippen molar-refractivity contribution in [2.75, 3.05) is 13.4 Å². The Labute approximate surface area is 81.3 Å². The highest BCUT2D eigenvalue weighted by atomic mass is 32.4. The number of benzene rings is 1. The van der Waals surface area contributed by atoms with Crippen molar-refractivity contribution in [1.29, 1.82) is 0 Å². The second-order valence-electron chi connectivity index (χ2n) is 3.44. The molecule has 0 bridgehead atoms. The van der Waals surface area contributed by atoms with Gasteiger partial charge in [-0.25, -0.2) is 0 Å². The molecular formula is C8H14O5S. The first-order valence-corrected chi connectivity index (χ1v) is 6.47. The zero-order chi connectivity index (χ0) is 11.1. The number of hydrogen-bond acceptors (Lipinski definition) is 5. The first-order valence-electron chi connectivity index (χ1n) is 3.78. The van der Waals surface area contributed by atoms with Crippen LogP contribution in [0.4, 0.5) is 0 Å². The van der Waals surface area contributed by atoms with Gasteiger partial charge in [0.25, 0.3) is 0 Å². The maximum atomic E-state index is 9.44. The second-order valence-corrected chi connectivity index (χ2v) is 7.46. The zero-order valence-electron chi connectivity index (χ0n) is 7.91. The van der Waals surface area contributed by atoms with Crippen LogP contribution >= 0.6 is 9.42 Å². The van der Waals surface area contributed by atoms with Crippen LogP contribution in [0.1, 0.15) is 0 Å². The summed E-state index contributed by atoms with van der Waals surface area (Å²) in [5.74, 6) is 0.00617. The molecule has 1 rings (SSSR count). The average Bonchev–Trinajstić information content (AvgIpc) is 2.00. The average molecular weight is 222 g/mol. The highest BCUT2D eigenvalue weighted by Gasteiger charge is 2.49. The van der Waals surface area contributed by atoms with E-state index in [4.69, 9.17) is 4.74 Å². The van der Waals surface area contributed by atoms with Crippen molar-refractivity contribution < 1.29 is 22.9 Å². The van der Waals surface area contributed by atoms with Crippen LogP contribution in [0.5, 0.6) is 5.75 Å². The van der Waals surface area contributed by atoms with Crippen molar-refractivity contribution in [3.8, 4) is 5.75 Å². The Morgan fingerprint density at radius 2 is 1.57 bits per heavy atom. The third-order valence-corrected chi connectivity index (χ3v) is 3.25. The lowest BCUT2D eigenvalue weighted by Gasteiger charge is -2.58. The molecule has 0 aliphatic carbocycles. The minimum atomic E-state index is -6.13. The van der Waals surface area contributed by atoms with E-state index in [1.165, 1.54) is 25.3 Å². The molecule has 0 aliphatic rings. The quantitative estimate of drug-likeness (QED) is 0.617. The molecule has 1 aromatic carbocycles. The van der Waals surface area contributed by atoms with E-state index in [0.717, 1.165) is 0 Å². The standard InChI is InChI=1S/C8H14O5S/c1-13-7-5-3-4-6-8(7)14(2,9,10,11)12/h3-6,9-12H,1-2H3. The van der Waals surface area contributed by atoms with E-state index in [0.29, 0.717) is 6.26 Å². The third kappa shape index (κ3) is 2.37. The summed E-state index contributed by atoms with van der Waals surface area (Å²) >= 11 is 0. The fraction of sp³-hybridized carbons (Fsp3) is 0.250. The fourth-order valence-electron chi connectivity index (χ4n) is 1.09. The molecule has 0 saturated heterocycles. The lowest BCUT2D eigenvalue weighted by atomic mass is 10.3. The Hall–Kier alpha value is -0.790. The molecule has 0 amide bonds. The molecule has 6 heteroatoms. The van der Waals surface area contributed by atoms with E-state index in [9.17, 15) is 18.2 Å². The number of rotatable bonds is 2. The van der Waals surface area contributed by atoms with Gasteiger partial charge in [-0.05, 0) is 12.1 Å². The van der Waals surface area contributed by atoms with Gasteiger partial charge in [0, 0.05) is 15.7 Å². The van der Waals surface area contributed by atoms with Gasteiger partial charge >= 0.3 is 0 Å². The molecule has 0 aromatic heterocycles. The Kier molecular flexibility index (Phi) is 1.95. The molecule has 82 valence electrons. The van der Waals surface area contributed by atoms with Crippen molar-refractivity contribution in [3.05, 3.63) is 24.3 Å². The maximum Gasteiger partial charge on any atom is 0.137 e. The third-order valence-electron chi connectivity index (χ3n) is 1.68. The minimum absolute atomic E-state index is 0.00617. The Morgan fingerprint density at radius 1 is 1.07 bits per heavy atom. The maximum absolute atomic E-state index is 9.44. The highest BCUT2D eigenvalue weighted by molar-refractivity contribution is 8.47. The molecule has 0 spiro atoms. The summed E-state index contributed by atoms with van der Waals surface area (Å²) in [4.78, 5) is -0.435. The number of hydrogen-bond donors (Lipinski definition) is 4. The van der Waals surface area contributed by atoms with Crippen LogP contribution in [-0.2, 0) is 0 Å². The molecule has 4 N–H and O–H groups in total. The van der Waals surface area contributed by atoms with Gasteiger partial charge in [0.15, 0.2) is 0 Å². The van der Waals surface area contributed by atoms with Crippen molar-refractivity contribution in [1.82, 2.24) is 0 Å². The summed E-state index contributed by atoms with van der Waals surface area (Å²) in [5, 5.41) is 0. The van der Waals surface area contributed by atoms with Crippen LogP contribution in [0.15, 0.2) is 29.2 Å². The molecule has 1 aromatic rings. The van der Waals surface area contributed by atoms with Crippen LogP contribution in [0.2, 0.25) is 0 Å². The summed E-state index contributed by atoms with van der Waals surface area (Å²) in [5.41, 5.74) is 0. The van der Waals surface area contributed by atoms with Crippen molar-refractivity contribution in [3.63, 3.8) is 0 Å². The van der Waals surface area contributed by atoms with Gasteiger partial charge in [0.2, 0.25) is 0 Å². The molecule has 0 unspecified atom stereocenters. The highest BCUT2D eigenvalue weighted by Crippen LogP contribution is 2.80. The predicted molar refractivity (Wildman–Crippen MR) is 55.3 cm³/mol. The number of ether oxygens (including phenoxy) is 1. The molecule has 0 atom stereocenters. The number of methoxy groups -OCH3 is 1. The Morgan fingerprint density at radius 3 is 1.93 bits per heavy atom. The lowest BCUT2D eigenvalue weighted by Crippen LogP contribution is -2.32. The number of para-hydroxylation sites is 1. The Bertz CT molecular complexity index is 352. The fourth-order valence-corrected chi connectivity index (χ4v) is 2.26. The molecule has 0 fully saturated rings. The van der Waals surface area contributed by atoms with Gasteiger partial charge < -0.3 is 22.9 Å². The second kappa shape index (κ2) is 2.41. The van der Waals surface area contributed by atoms with E-state index in [1.807, 2.05) is 0 Å².